The molecular formula is C20H13BrN2O2. The van der Waals surface area contributed by atoms with Gasteiger partial charge in [-0.1, -0.05) is 58.4 Å². The van der Waals surface area contributed by atoms with Gasteiger partial charge in [-0.3, -0.25) is 4.79 Å². The van der Waals surface area contributed by atoms with E-state index in [1.54, 1.807) is 12.3 Å². The summed E-state index contributed by atoms with van der Waals surface area (Å²) in [4.78, 5) is 12.3. The maximum Gasteiger partial charge on any atom is 0.307 e. The monoisotopic (exact) mass is 392 g/mol. The molecule has 1 amide bonds. The predicted octanol–water partition coefficient (Wildman–Crippen LogP) is 5.11. The van der Waals surface area contributed by atoms with Gasteiger partial charge in [-0.15, -0.1) is 0 Å². The Morgan fingerprint density at radius 1 is 1.00 bits per heavy atom. The molecule has 0 aliphatic carbocycles. The summed E-state index contributed by atoms with van der Waals surface area (Å²) in [5.41, 5.74) is 4.06. The SMILES string of the molecule is O=C(N/N=C\c1cccc(Br)c1)c1cc2c(ccc3ccccc32)o1. The molecule has 1 aromatic heterocycles. The van der Waals surface area contributed by atoms with Gasteiger partial charge in [0.1, 0.15) is 5.58 Å². The minimum absolute atomic E-state index is 0.234. The molecule has 1 N–H and O–H groups in total. The highest BCUT2D eigenvalue weighted by Gasteiger charge is 2.13. The lowest BCUT2D eigenvalue weighted by Crippen LogP contribution is -2.16. The molecule has 4 rings (SSSR count). The molecule has 1 heterocycles. The van der Waals surface area contributed by atoms with Crippen LogP contribution in [0.2, 0.25) is 0 Å². The standard InChI is InChI=1S/C20H13BrN2O2/c21-15-6-3-4-13(10-15)12-22-23-20(24)19-11-17-16-7-2-1-5-14(16)8-9-18(17)25-19/h1-12H,(H,23,24)/b22-12-. The van der Waals surface area contributed by atoms with Crippen LogP contribution in [0.3, 0.4) is 0 Å². The van der Waals surface area contributed by atoms with Crippen molar-refractivity contribution in [1.29, 1.82) is 0 Å². The molecule has 0 spiro atoms. The third-order valence-electron chi connectivity index (χ3n) is 3.88. The van der Waals surface area contributed by atoms with Gasteiger partial charge >= 0.3 is 5.91 Å². The maximum atomic E-state index is 12.3. The number of fused-ring (bicyclic) bond motifs is 3. The summed E-state index contributed by atoms with van der Waals surface area (Å²) >= 11 is 3.39. The first kappa shape index (κ1) is 15.6. The summed E-state index contributed by atoms with van der Waals surface area (Å²) < 4.78 is 6.62. The number of carbonyl (C=O) groups is 1. The van der Waals surface area contributed by atoms with Gasteiger partial charge in [0.25, 0.3) is 0 Å². The molecule has 122 valence electrons. The number of carbonyl (C=O) groups excluding carboxylic acids is 1. The Labute approximate surface area is 152 Å². The molecule has 0 fully saturated rings. The van der Waals surface area contributed by atoms with Crippen LogP contribution >= 0.6 is 15.9 Å². The fourth-order valence-electron chi connectivity index (χ4n) is 2.71. The van der Waals surface area contributed by atoms with E-state index in [0.717, 1.165) is 26.2 Å². The molecule has 4 aromatic rings. The van der Waals surface area contributed by atoms with E-state index in [1.165, 1.54) is 0 Å². The van der Waals surface area contributed by atoms with E-state index in [0.29, 0.717) is 5.58 Å². The molecule has 0 bridgehead atoms. The number of hydrogen-bond donors (Lipinski definition) is 1. The first-order valence-corrected chi connectivity index (χ1v) is 8.50. The number of hydrogen-bond acceptors (Lipinski definition) is 3. The van der Waals surface area contributed by atoms with Crippen LogP contribution in [0.4, 0.5) is 0 Å². The van der Waals surface area contributed by atoms with E-state index in [2.05, 4.69) is 26.5 Å². The Balaban J connectivity index is 1.59. The minimum Gasteiger partial charge on any atom is -0.451 e. The van der Waals surface area contributed by atoms with E-state index in [4.69, 9.17) is 4.42 Å². The van der Waals surface area contributed by atoms with Crippen molar-refractivity contribution in [3.05, 3.63) is 82.5 Å². The third kappa shape index (κ3) is 3.19. The Hall–Kier alpha value is -2.92. The van der Waals surface area contributed by atoms with Gasteiger partial charge in [-0.2, -0.15) is 5.10 Å². The summed E-state index contributed by atoms with van der Waals surface area (Å²) in [5, 5.41) is 7.06. The zero-order valence-electron chi connectivity index (χ0n) is 13.1. The molecule has 0 aliphatic heterocycles. The van der Waals surface area contributed by atoms with Gasteiger partial charge in [-0.25, -0.2) is 5.43 Å². The average Bonchev–Trinajstić information content (AvgIpc) is 3.07. The largest absolute Gasteiger partial charge is 0.451 e. The second-order valence-corrected chi connectivity index (χ2v) is 6.48. The topological polar surface area (TPSA) is 54.6 Å². The number of halogens is 1. The van der Waals surface area contributed by atoms with E-state index in [9.17, 15) is 4.79 Å². The van der Waals surface area contributed by atoms with Crippen LogP contribution in [0.25, 0.3) is 21.7 Å². The van der Waals surface area contributed by atoms with Crippen LogP contribution in [0.1, 0.15) is 16.1 Å². The number of furan rings is 1. The Kier molecular flexibility index (Phi) is 4.07. The number of nitrogens with zero attached hydrogens (tertiary/aromatic N) is 1. The van der Waals surface area contributed by atoms with E-state index in [-0.39, 0.29) is 11.7 Å². The molecular weight excluding hydrogens is 380 g/mol. The summed E-state index contributed by atoms with van der Waals surface area (Å²) in [5.74, 6) is -0.149. The predicted molar refractivity (Wildman–Crippen MR) is 103 cm³/mol. The van der Waals surface area contributed by atoms with Crippen molar-refractivity contribution < 1.29 is 9.21 Å². The van der Waals surface area contributed by atoms with Crippen molar-refractivity contribution in [2.75, 3.05) is 0 Å². The van der Waals surface area contributed by atoms with Crippen molar-refractivity contribution in [1.82, 2.24) is 5.43 Å². The van der Waals surface area contributed by atoms with Gasteiger partial charge in [0.15, 0.2) is 5.76 Å². The highest BCUT2D eigenvalue weighted by molar-refractivity contribution is 9.10. The lowest BCUT2D eigenvalue weighted by Gasteiger charge is -1.96. The molecule has 4 nitrogen and oxygen atoms in total. The average molecular weight is 393 g/mol. The summed E-state index contributed by atoms with van der Waals surface area (Å²) in [6.07, 6.45) is 1.58. The molecule has 0 saturated carbocycles. The summed E-state index contributed by atoms with van der Waals surface area (Å²) in [6, 6.07) is 21.2. The second kappa shape index (κ2) is 6.53. The molecule has 0 atom stereocenters. The Bertz CT molecular complexity index is 1120. The number of benzene rings is 3. The fraction of sp³-hybridized carbons (Fsp3) is 0. The highest BCUT2D eigenvalue weighted by atomic mass is 79.9. The molecule has 25 heavy (non-hydrogen) atoms. The quantitative estimate of drug-likeness (QED) is 0.388. The molecule has 3 aromatic carbocycles. The molecule has 0 unspecified atom stereocenters. The van der Waals surface area contributed by atoms with Crippen LogP contribution in [-0.4, -0.2) is 12.1 Å². The summed E-state index contributed by atoms with van der Waals surface area (Å²) in [6.45, 7) is 0. The van der Waals surface area contributed by atoms with Gasteiger partial charge in [0, 0.05) is 9.86 Å². The van der Waals surface area contributed by atoms with Gasteiger partial charge in [0.2, 0.25) is 0 Å². The van der Waals surface area contributed by atoms with Gasteiger partial charge in [-0.05, 0) is 40.6 Å². The van der Waals surface area contributed by atoms with Crippen LogP contribution in [0, 0.1) is 0 Å². The lowest BCUT2D eigenvalue weighted by atomic mass is 10.1. The third-order valence-corrected chi connectivity index (χ3v) is 4.37. The number of nitrogens with one attached hydrogen (secondary N) is 1. The zero-order valence-corrected chi connectivity index (χ0v) is 14.7. The fourth-order valence-corrected chi connectivity index (χ4v) is 3.13. The van der Waals surface area contributed by atoms with E-state index in [1.807, 2.05) is 60.7 Å². The van der Waals surface area contributed by atoms with Crippen LogP contribution in [0.5, 0.6) is 0 Å². The Morgan fingerprint density at radius 3 is 2.76 bits per heavy atom. The van der Waals surface area contributed by atoms with Gasteiger partial charge in [0.05, 0.1) is 6.21 Å². The normalized spacial score (nSPS) is 11.4. The summed E-state index contributed by atoms with van der Waals surface area (Å²) in [7, 11) is 0. The zero-order chi connectivity index (χ0) is 17.2. The van der Waals surface area contributed by atoms with Crippen LogP contribution in [0.15, 0.2) is 80.7 Å². The molecule has 0 radical (unpaired) electrons. The molecule has 0 saturated heterocycles. The number of rotatable bonds is 3. The van der Waals surface area contributed by atoms with Crippen LogP contribution in [-0.2, 0) is 0 Å². The second-order valence-electron chi connectivity index (χ2n) is 5.56. The van der Waals surface area contributed by atoms with Crippen molar-refractivity contribution in [3.8, 4) is 0 Å². The first-order chi connectivity index (χ1) is 12.2. The van der Waals surface area contributed by atoms with Gasteiger partial charge < -0.3 is 4.42 Å². The smallest absolute Gasteiger partial charge is 0.307 e. The Morgan fingerprint density at radius 2 is 1.88 bits per heavy atom. The minimum atomic E-state index is -0.383. The lowest BCUT2D eigenvalue weighted by molar-refractivity contribution is 0.0929. The van der Waals surface area contributed by atoms with E-state index >= 15 is 0 Å². The van der Waals surface area contributed by atoms with Crippen molar-refractivity contribution in [2.24, 2.45) is 5.10 Å². The maximum absolute atomic E-state index is 12.3. The van der Waals surface area contributed by atoms with Crippen molar-refractivity contribution in [2.45, 2.75) is 0 Å². The molecule has 5 heteroatoms. The molecule has 0 aliphatic rings. The van der Waals surface area contributed by atoms with Crippen molar-refractivity contribution in [3.63, 3.8) is 0 Å². The van der Waals surface area contributed by atoms with Crippen molar-refractivity contribution >= 4 is 49.8 Å². The first-order valence-electron chi connectivity index (χ1n) is 7.71. The number of amides is 1. The van der Waals surface area contributed by atoms with Crippen LogP contribution < -0.4 is 5.43 Å². The van der Waals surface area contributed by atoms with E-state index < -0.39 is 0 Å². The highest BCUT2D eigenvalue weighted by Crippen LogP contribution is 2.28. The number of hydrazone groups is 1.